The van der Waals surface area contributed by atoms with Crippen molar-refractivity contribution in [3.05, 3.63) is 28.5 Å². The normalized spacial score (nSPS) is 20.8. The number of hydrogen-bond donors (Lipinski definition) is 1. The van der Waals surface area contributed by atoms with Gasteiger partial charge < -0.3 is 10.2 Å². The fraction of sp³-hybridized carbons (Fsp3) is 0.571. The molecule has 18 heavy (non-hydrogen) atoms. The number of anilines is 1. The van der Waals surface area contributed by atoms with Crippen molar-refractivity contribution in [3.8, 4) is 0 Å². The number of hydrogen-bond acceptors (Lipinski definition) is 2. The second kappa shape index (κ2) is 6.53. The minimum Gasteiger partial charge on any atom is -0.370 e. The summed E-state index contributed by atoms with van der Waals surface area (Å²) in [4.78, 5) is 2.29. The lowest BCUT2D eigenvalue weighted by Crippen LogP contribution is -2.37. The molecule has 1 heterocycles. The zero-order valence-electron chi connectivity index (χ0n) is 10.8. The van der Waals surface area contributed by atoms with E-state index in [-0.39, 0.29) is 5.82 Å². The highest BCUT2D eigenvalue weighted by Crippen LogP contribution is 2.23. The Morgan fingerprint density at radius 2 is 2.33 bits per heavy atom. The van der Waals surface area contributed by atoms with Crippen molar-refractivity contribution >= 4 is 21.6 Å². The van der Waals surface area contributed by atoms with Crippen molar-refractivity contribution in [2.75, 3.05) is 24.5 Å². The van der Waals surface area contributed by atoms with E-state index in [1.165, 1.54) is 12.8 Å². The number of rotatable bonds is 3. The minimum atomic E-state index is -0.184. The highest BCUT2D eigenvalue weighted by atomic mass is 79.9. The lowest BCUT2D eigenvalue weighted by Gasteiger charge is -2.26. The molecule has 1 aromatic rings. The summed E-state index contributed by atoms with van der Waals surface area (Å²) in [7, 11) is 0. The summed E-state index contributed by atoms with van der Waals surface area (Å²) >= 11 is 3.20. The minimum absolute atomic E-state index is 0.184. The van der Waals surface area contributed by atoms with Gasteiger partial charge in [-0.3, -0.25) is 0 Å². The van der Waals surface area contributed by atoms with Crippen molar-refractivity contribution < 1.29 is 4.39 Å². The summed E-state index contributed by atoms with van der Waals surface area (Å²) in [5, 5.41) is 3.56. The first-order valence-corrected chi connectivity index (χ1v) is 7.43. The van der Waals surface area contributed by atoms with Crippen LogP contribution in [0.25, 0.3) is 0 Å². The molecule has 100 valence electrons. The maximum absolute atomic E-state index is 13.6. The number of benzene rings is 1. The molecule has 4 heteroatoms. The van der Waals surface area contributed by atoms with Gasteiger partial charge in [0.15, 0.2) is 0 Å². The molecule has 1 unspecified atom stereocenters. The van der Waals surface area contributed by atoms with Crippen LogP contribution in [0.4, 0.5) is 10.1 Å². The van der Waals surface area contributed by atoms with Crippen LogP contribution in [0.3, 0.4) is 0 Å². The van der Waals surface area contributed by atoms with Crippen molar-refractivity contribution in [1.29, 1.82) is 0 Å². The quantitative estimate of drug-likeness (QED) is 0.917. The third-order valence-corrected chi connectivity index (χ3v) is 4.03. The average Bonchev–Trinajstić information content (AvgIpc) is 2.59. The van der Waals surface area contributed by atoms with E-state index in [1.54, 1.807) is 12.1 Å². The van der Waals surface area contributed by atoms with Gasteiger partial charge in [0.1, 0.15) is 5.82 Å². The summed E-state index contributed by atoms with van der Waals surface area (Å²) in [5.74, 6) is -0.184. The Hall–Kier alpha value is -0.610. The van der Waals surface area contributed by atoms with Gasteiger partial charge in [0.05, 0.1) is 4.47 Å². The van der Waals surface area contributed by atoms with Crippen LogP contribution in [-0.4, -0.2) is 25.7 Å². The first-order chi connectivity index (χ1) is 8.70. The van der Waals surface area contributed by atoms with Crippen LogP contribution in [0.2, 0.25) is 0 Å². The van der Waals surface area contributed by atoms with Gasteiger partial charge in [-0.15, -0.1) is 0 Å². The summed E-state index contributed by atoms with van der Waals surface area (Å²) in [5.41, 5.74) is 0.987. The van der Waals surface area contributed by atoms with Crippen LogP contribution >= 0.6 is 15.9 Å². The van der Waals surface area contributed by atoms with Crippen LogP contribution < -0.4 is 10.2 Å². The highest BCUT2D eigenvalue weighted by Gasteiger charge is 2.17. The van der Waals surface area contributed by atoms with Gasteiger partial charge in [-0.2, -0.15) is 0 Å². The molecule has 1 aliphatic heterocycles. The summed E-state index contributed by atoms with van der Waals surface area (Å²) < 4.78 is 14.1. The first kappa shape index (κ1) is 13.8. The molecule has 1 saturated heterocycles. The Balaban J connectivity index is 2.12. The van der Waals surface area contributed by atoms with Gasteiger partial charge in [0.2, 0.25) is 0 Å². The van der Waals surface area contributed by atoms with Gasteiger partial charge in [-0.1, -0.05) is 13.3 Å². The lowest BCUT2D eigenvalue weighted by atomic mass is 10.1. The maximum atomic E-state index is 13.6. The molecule has 2 rings (SSSR count). The second-order valence-corrected chi connectivity index (χ2v) is 5.69. The number of halogens is 2. The standard InChI is InChI=1S/C14H20BrFN2/c1-2-4-11-10-18(8-3-7-17-11)12-5-6-13(15)14(16)9-12/h5-6,9,11,17H,2-4,7-8,10H2,1H3. The van der Waals surface area contributed by atoms with Gasteiger partial charge in [-0.05, 0) is 53.5 Å². The molecule has 0 saturated carbocycles. The molecule has 0 amide bonds. The van der Waals surface area contributed by atoms with Crippen LogP contribution in [0, 0.1) is 5.82 Å². The molecule has 0 spiro atoms. The molecule has 2 nitrogen and oxygen atoms in total. The Bertz CT molecular complexity index is 397. The third kappa shape index (κ3) is 3.45. The van der Waals surface area contributed by atoms with Gasteiger partial charge >= 0.3 is 0 Å². The van der Waals surface area contributed by atoms with E-state index in [0.717, 1.165) is 31.7 Å². The third-order valence-electron chi connectivity index (χ3n) is 3.38. The summed E-state index contributed by atoms with van der Waals surface area (Å²) in [6, 6.07) is 5.92. The zero-order valence-corrected chi connectivity index (χ0v) is 12.3. The largest absolute Gasteiger partial charge is 0.370 e. The predicted molar refractivity (Wildman–Crippen MR) is 77.6 cm³/mol. The average molecular weight is 315 g/mol. The predicted octanol–water partition coefficient (Wildman–Crippen LogP) is 3.56. The van der Waals surface area contributed by atoms with Crippen LogP contribution in [0.5, 0.6) is 0 Å². The molecule has 1 aliphatic rings. The van der Waals surface area contributed by atoms with Gasteiger partial charge in [0.25, 0.3) is 0 Å². The first-order valence-electron chi connectivity index (χ1n) is 6.64. The van der Waals surface area contributed by atoms with Gasteiger partial charge in [0, 0.05) is 24.8 Å². The molecule has 0 aromatic heterocycles. The molecular weight excluding hydrogens is 295 g/mol. The van der Waals surface area contributed by atoms with E-state index < -0.39 is 0 Å². The topological polar surface area (TPSA) is 15.3 Å². The van der Waals surface area contributed by atoms with Gasteiger partial charge in [-0.25, -0.2) is 4.39 Å². The molecule has 1 aromatic carbocycles. The smallest absolute Gasteiger partial charge is 0.139 e. The second-order valence-electron chi connectivity index (χ2n) is 4.84. The molecule has 0 aliphatic carbocycles. The molecule has 1 fully saturated rings. The molecular formula is C14H20BrFN2. The van der Waals surface area contributed by atoms with E-state index in [2.05, 4.69) is 33.1 Å². The highest BCUT2D eigenvalue weighted by molar-refractivity contribution is 9.10. The fourth-order valence-corrected chi connectivity index (χ4v) is 2.70. The number of nitrogens with one attached hydrogen (secondary N) is 1. The van der Waals surface area contributed by atoms with E-state index in [4.69, 9.17) is 0 Å². The summed E-state index contributed by atoms with van der Waals surface area (Å²) in [6.07, 6.45) is 3.47. The van der Waals surface area contributed by atoms with Crippen LogP contribution in [-0.2, 0) is 0 Å². The van der Waals surface area contributed by atoms with Crippen LogP contribution in [0.15, 0.2) is 22.7 Å². The van der Waals surface area contributed by atoms with E-state index in [9.17, 15) is 4.39 Å². The SMILES string of the molecule is CCCC1CN(c2ccc(Br)c(F)c2)CCCN1. The molecule has 0 bridgehead atoms. The molecule has 1 atom stereocenters. The molecule has 0 radical (unpaired) electrons. The monoisotopic (exact) mass is 314 g/mol. The lowest BCUT2D eigenvalue weighted by molar-refractivity contribution is 0.502. The molecule has 1 N–H and O–H groups in total. The fourth-order valence-electron chi connectivity index (χ4n) is 2.46. The van der Waals surface area contributed by atoms with Crippen molar-refractivity contribution in [2.45, 2.75) is 32.2 Å². The van der Waals surface area contributed by atoms with Crippen molar-refractivity contribution in [2.24, 2.45) is 0 Å². The van der Waals surface area contributed by atoms with Crippen molar-refractivity contribution in [3.63, 3.8) is 0 Å². The van der Waals surface area contributed by atoms with E-state index in [1.807, 2.05) is 6.07 Å². The Morgan fingerprint density at radius 3 is 3.06 bits per heavy atom. The Kier molecular flexibility index (Phi) is 5.01. The van der Waals surface area contributed by atoms with Crippen LogP contribution in [0.1, 0.15) is 26.2 Å². The zero-order chi connectivity index (χ0) is 13.0. The maximum Gasteiger partial charge on any atom is 0.139 e. The Morgan fingerprint density at radius 1 is 1.50 bits per heavy atom. The number of nitrogens with zero attached hydrogens (tertiary/aromatic N) is 1. The summed E-state index contributed by atoms with van der Waals surface area (Å²) in [6.45, 7) is 5.22. The van der Waals surface area contributed by atoms with Crippen molar-refractivity contribution in [1.82, 2.24) is 5.32 Å². The van der Waals surface area contributed by atoms with E-state index in [0.29, 0.717) is 10.5 Å². The Labute approximate surface area is 117 Å². The van der Waals surface area contributed by atoms with E-state index >= 15 is 0 Å².